The average Bonchev–Trinajstić information content (AvgIpc) is 3.12. The predicted octanol–water partition coefficient (Wildman–Crippen LogP) is 3.92. The summed E-state index contributed by atoms with van der Waals surface area (Å²) >= 11 is 0. The van der Waals surface area contributed by atoms with Crippen LogP contribution in [-0.4, -0.2) is 32.4 Å². The van der Waals surface area contributed by atoms with Crippen LogP contribution in [0.2, 0.25) is 0 Å². The highest BCUT2D eigenvalue weighted by molar-refractivity contribution is 5.94. The maximum atomic E-state index is 13.4. The van der Waals surface area contributed by atoms with Crippen LogP contribution in [0.5, 0.6) is 0 Å². The van der Waals surface area contributed by atoms with E-state index in [0.717, 1.165) is 35.9 Å². The van der Waals surface area contributed by atoms with Gasteiger partial charge in [0.1, 0.15) is 22.7 Å². The Kier molecular flexibility index (Phi) is 5.07. The number of imidazole rings is 1. The highest BCUT2D eigenvalue weighted by atomic mass is 19.4. The Labute approximate surface area is 171 Å². The van der Waals surface area contributed by atoms with Crippen LogP contribution in [0.15, 0.2) is 24.4 Å². The van der Waals surface area contributed by atoms with Crippen molar-refractivity contribution in [1.82, 2.24) is 19.7 Å². The lowest BCUT2D eigenvalue weighted by Crippen LogP contribution is -2.49. The first-order valence-electron chi connectivity index (χ1n) is 9.49. The molecule has 31 heavy (non-hydrogen) atoms. The second-order valence-corrected chi connectivity index (χ2v) is 7.50. The summed E-state index contributed by atoms with van der Waals surface area (Å²) in [6.45, 7) is 0. The molecule has 1 saturated carbocycles. The number of pyridine rings is 2. The number of fused-ring (bicyclic) bond motifs is 3. The van der Waals surface area contributed by atoms with E-state index in [-0.39, 0.29) is 29.5 Å². The van der Waals surface area contributed by atoms with Gasteiger partial charge in [0.15, 0.2) is 0 Å². The molecule has 2 atom stereocenters. The van der Waals surface area contributed by atoms with Gasteiger partial charge in [0.05, 0.1) is 5.56 Å². The van der Waals surface area contributed by atoms with Gasteiger partial charge in [-0.15, -0.1) is 0 Å². The van der Waals surface area contributed by atoms with E-state index in [2.05, 4.69) is 15.3 Å². The Morgan fingerprint density at radius 1 is 1.06 bits per heavy atom. The number of nitrogens with zero attached hydrogens (tertiary/aromatic N) is 3. The number of alkyl halides is 6. The molecule has 12 heteroatoms. The summed E-state index contributed by atoms with van der Waals surface area (Å²) in [5.74, 6) is -0.609. The van der Waals surface area contributed by atoms with E-state index in [4.69, 9.17) is 5.73 Å². The van der Waals surface area contributed by atoms with Crippen LogP contribution in [-0.2, 0) is 12.4 Å². The number of hydrogen-bond donors (Lipinski definition) is 2. The Morgan fingerprint density at radius 2 is 1.77 bits per heavy atom. The summed E-state index contributed by atoms with van der Waals surface area (Å²) in [5.41, 5.74) is 2.09. The van der Waals surface area contributed by atoms with Gasteiger partial charge in [-0.25, -0.2) is 9.97 Å². The largest absolute Gasteiger partial charge is 0.433 e. The van der Waals surface area contributed by atoms with Crippen LogP contribution in [0.1, 0.15) is 47.4 Å². The van der Waals surface area contributed by atoms with Crippen molar-refractivity contribution in [2.75, 3.05) is 0 Å². The quantitative estimate of drug-likeness (QED) is 0.586. The highest BCUT2D eigenvalue weighted by Gasteiger charge is 2.39. The third-order valence-corrected chi connectivity index (χ3v) is 5.36. The molecule has 3 heterocycles. The maximum absolute atomic E-state index is 13.4. The van der Waals surface area contributed by atoms with Gasteiger partial charge in [-0.3, -0.25) is 9.20 Å². The van der Waals surface area contributed by atoms with Crippen LogP contribution >= 0.6 is 0 Å². The van der Waals surface area contributed by atoms with E-state index in [1.807, 2.05) is 0 Å². The van der Waals surface area contributed by atoms with E-state index >= 15 is 0 Å². The first-order chi connectivity index (χ1) is 14.4. The molecular weight excluding hydrogens is 428 g/mol. The fraction of sp³-hybridized carbons (Fsp3) is 0.421. The number of carbonyl (C=O) groups is 1. The minimum Gasteiger partial charge on any atom is -0.346 e. The number of amides is 1. The van der Waals surface area contributed by atoms with Crippen molar-refractivity contribution in [1.29, 1.82) is 0 Å². The van der Waals surface area contributed by atoms with E-state index in [1.165, 1.54) is 6.07 Å². The van der Waals surface area contributed by atoms with Crippen molar-refractivity contribution in [3.05, 3.63) is 41.3 Å². The summed E-state index contributed by atoms with van der Waals surface area (Å²) in [4.78, 5) is 20.0. The Balaban J connectivity index is 1.82. The van der Waals surface area contributed by atoms with Crippen LogP contribution in [0.25, 0.3) is 16.7 Å². The molecular formula is C19H17F6N5O. The maximum Gasteiger partial charge on any atom is 0.433 e. The third-order valence-electron chi connectivity index (χ3n) is 5.36. The summed E-state index contributed by atoms with van der Waals surface area (Å²) in [5, 5.41) is 2.21. The number of carbonyl (C=O) groups excluding carboxylic acids is 1. The smallest absolute Gasteiger partial charge is 0.346 e. The van der Waals surface area contributed by atoms with Gasteiger partial charge in [0.25, 0.3) is 5.91 Å². The number of hydrogen-bond acceptors (Lipinski definition) is 4. The SMILES string of the molecule is NC1CCCCC1NC(=O)c1cn2c(ccc3c(C(F)(F)F)cc(C(F)(F)F)nc32)n1. The monoisotopic (exact) mass is 445 g/mol. The van der Waals surface area contributed by atoms with Crippen molar-refractivity contribution >= 4 is 22.6 Å². The zero-order valence-corrected chi connectivity index (χ0v) is 15.9. The lowest BCUT2D eigenvalue weighted by molar-refractivity contribution is -0.144. The Bertz CT molecular complexity index is 1150. The van der Waals surface area contributed by atoms with Crippen molar-refractivity contribution in [3.63, 3.8) is 0 Å². The molecule has 2 unspecified atom stereocenters. The molecule has 1 aliphatic rings. The molecule has 4 rings (SSSR count). The molecule has 0 radical (unpaired) electrons. The zero-order chi connectivity index (χ0) is 22.6. The molecule has 3 aromatic heterocycles. The van der Waals surface area contributed by atoms with Crippen LogP contribution in [0.4, 0.5) is 26.3 Å². The topological polar surface area (TPSA) is 85.3 Å². The van der Waals surface area contributed by atoms with E-state index in [9.17, 15) is 31.1 Å². The molecule has 0 aliphatic heterocycles. The van der Waals surface area contributed by atoms with Gasteiger partial charge in [-0.2, -0.15) is 26.3 Å². The first-order valence-corrected chi connectivity index (χ1v) is 9.49. The van der Waals surface area contributed by atoms with Crippen LogP contribution in [0.3, 0.4) is 0 Å². The number of rotatable bonds is 2. The van der Waals surface area contributed by atoms with Crippen molar-refractivity contribution in [2.45, 2.75) is 50.1 Å². The second kappa shape index (κ2) is 7.36. The van der Waals surface area contributed by atoms with Crippen LogP contribution < -0.4 is 11.1 Å². The molecule has 1 fully saturated rings. The van der Waals surface area contributed by atoms with Gasteiger partial charge in [0, 0.05) is 23.7 Å². The Hall–Kier alpha value is -2.89. The minimum atomic E-state index is -5.09. The van der Waals surface area contributed by atoms with Crippen molar-refractivity contribution in [3.8, 4) is 0 Å². The predicted molar refractivity (Wildman–Crippen MR) is 98.2 cm³/mol. The molecule has 3 aromatic rings. The van der Waals surface area contributed by atoms with E-state index in [0.29, 0.717) is 6.42 Å². The molecule has 1 aliphatic carbocycles. The second-order valence-electron chi connectivity index (χ2n) is 7.50. The number of halogens is 6. The van der Waals surface area contributed by atoms with E-state index < -0.39 is 40.6 Å². The molecule has 0 aromatic carbocycles. The highest BCUT2D eigenvalue weighted by Crippen LogP contribution is 2.38. The molecule has 3 N–H and O–H groups in total. The average molecular weight is 445 g/mol. The van der Waals surface area contributed by atoms with Gasteiger partial charge in [0.2, 0.25) is 0 Å². The third kappa shape index (κ3) is 4.03. The molecule has 6 nitrogen and oxygen atoms in total. The van der Waals surface area contributed by atoms with Crippen molar-refractivity contribution in [2.24, 2.45) is 5.73 Å². The van der Waals surface area contributed by atoms with Crippen molar-refractivity contribution < 1.29 is 31.1 Å². The fourth-order valence-electron chi connectivity index (χ4n) is 3.80. The number of nitrogens with two attached hydrogens (primary N) is 1. The fourth-order valence-corrected chi connectivity index (χ4v) is 3.80. The summed E-state index contributed by atoms with van der Waals surface area (Å²) in [6, 6.07) is 1.64. The van der Waals surface area contributed by atoms with Gasteiger partial charge >= 0.3 is 12.4 Å². The lowest BCUT2D eigenvalue weighted by atomic mass is 9.91. The number of nitrogens with one attached hydrogen (secondary N) is 1. The lowest BCUT2D eigenvalue weighted by Gasteiger charge is -2.28. The standard InChI is InChI=1S/C19H17F6N5O/c20-18(21,22)10-7-14(19(23,24)25)29-16-9(10)5-6-15-27-13(8-30(15)16)17(31)28-12-4-2-1-3-11(12)26/h5-8,11-12H,1-4,26H2,(H,28,31). The summed E-state index contributed by atoms with van der Waals surface area (Å²) < 4.78 is 80.8. The normalized spacial score (nSPS) is 20.4. The molecule has 0 bridgehead atoms. The first kappa shape index (κ1) is 21.3. The van der Waals surface area contributed by atoms with Gasteiger partial charge in [-0.1, -0.05) is 12.8 Å². The molecule has 1 amide bonds. The van der Waals surface area contributed by atoms with Gasteiger partial charge < -0.3 is 11.1 Å². The van der Waals surface area contributed by atoms with E-state index in [1.54, 1.807) is 0 Å². The number of aromatic nitrogens is 3. The van der Waals surface area contributed by atoms with Gasteiger partial charge in [-0.05, 0) is 31.0 Å². The Morgan fingerprint density at radius 3 is 2.42 bits per heavy atom. The zero-order valence-electron chi connectivity index (χ0n) is 15.9. The minimum absolute atomic E-state index is 0.00876. The molecule has 0 spiro atoms. The summed E-state index contributed by atoms with van der Waals surface area (Å²) in [7, 11) is 0. The molecule has 166 valence electrons. The van der Waals surface area contributed by atoms with Crippen LogP contribution in [0, 0.1) is 0 Å². The summed E-state index contributed by atoms with van der Waals surface area (Å²) in [6.07, 6.45) is -5.79. The molecule has 0 saturated heterocycles.